The van der Waals surface area contributed by atoms with Gasteiger partial charge in [-0.1, -0.05) is 12.0 Å². The van der Waals surface area contributed by atoms with E-state index < -0.39 is 22.6 Å². The van der Waals surface area contributed by atoms with Crippen LogP contribution < -0.4 is 15.4 Å². The van der Waals surface area contributed by atoms with Gasteiger partial charge >= 0.3 is 6.18 Å². The van der Waals surface area contributed by atoms with E-state index in [4.69, 9.17) is 4.74 Å². The van der Waals surface area contributed by atoms with Crippen LogP contribution in [0.2, 0.25) is 0 Å². The van der Waals surface area contributed by atoms with Crippen LogP contribution in [0.3, 0.4) is 0 Å². The number of nitrogens with zero attached hydrogens (tertiary/aromatic N) is 2. The maximum absolute atomic E-state index is 13.5. The molecule has 0 bridgehead atoms. The molecule has 4 rings (SSSR count). The lowest BCUT2D eigenvalue weighted by Crippen LogP contribution is -2.36. The topological polar surface area (TPSA) is 75.6 Å². The van der Waals surface area contributed by atoms with Gasteiger partial charge in [-0.3, -0.25) is 0 Å². The van der Waals surface area contributed by atoms with Crippen molar-refractivity contribution >= 4 is 32.1 Å². The summed E-state index contributed by atoms with van der Waals surface area (Å²) in [6, 6.07) is 12.3. The second kappa shape index (κ2) is 12.0. The Kier molecular flexibility index (Phi) is 8.90. The van der Waals surface area contributed by atoms with Crippen molar-refractivity contribution < 1.29 is 26.3 Å². The molecule has 1 fully saturated rings. The van der Waals surface area contributed by atoms with Gasteiger partial charge in [-0.15, -0.1) is 0 Å². The SMILES string of the molecule is CNc1cc(S(C)(=O)=O)ccc1OCC#Cc1cc2c(N[C@H]3CC[C@@H](N(C)C)CC3)cccc2n1CC(F)(F)F. The van der Waals surface area contributed by atoms with Crippen LogP contribution in [0, 0.1) is 11.8 Å². The molecule has 1 saturated carbocycles. The van der Waals surface area contributed by atoms with Crippen molar-refractivity contribution in [3.05, 3.63) is 48.2 Å². The summed E-state index contributed by atoms with van der Waals surface area (Å²) in [6.45, 7) is -1.25. The van der Waals surface area contributed by atoms with Crippen molar-refractivity contribution in [3.8, 4) is 17.6 Å². The second-order valence-electron chi connectivity index (χ2n) is 10.4. The van der Waals surface area contributed by atoms with Crippen molar-refractivity contribution in [2.45, 2.75) is 55.4 Å². The molecule has 216 valence electrons. The largest absolute Gasteiger partial charge is 0.479 e. The highest BCUT2D eigenvalue weighted by molar-refractivity contribution is 7.90. The minimum atomic E-state index is -4.42. The molecule has 1 aliphatic rings. The summed E-state index contributed by atoms with van der Waals surface area (Å²) in [5.74, 6) is 6.06. The first-order chi connectivity index (χ1) is 18.9. The third-order valence-corrected chi connectivity index (χ3v) is 8.34. The van der Waals surface area contributed by atoms with E-state index in [1.165, 1.54) is 22.8 Å². The Morgan fingerprint density at radius 3 is 2.42 bits per heavy atom. The fourth-order valence-corrected chi connectivity index (χ4v) is 5.77. The van der Waals surface area contributed by atoms with Crippen LogP contribution in [0.25, 0.3) is 10.9 Å². The Labute approximate surface area is 233 Å². The van der Waals surface area contributed by atoms with Crippen LogP contribution in [0.4, 0.5) is 24.5 Å². The molecule has 40 heavy (non-hydrogen) atoms. The van der Waals surface area contributed by atoms with Crippen molar-refractivity contribution in [1.29, 1.82) is 0 Å². The van der Waals surface area contributed by atoms with Gasteiger partial charge in [0.05, 0.1) is 21.8 Å². The lowest BCUT2D eigenvalue weighted by atomic mass is 9.90. The molecule has 0 saturated heterocycles. The Morgan fingerprint density at radius 1 is 1.07 bits per heavy atom. The molecule has 1 heterocycles. The van der Waals surface area contributed by atoms with E-state index in [0.717, 1.165) is 37.6 Å². The van der Waals surface area contributed by atoms with Crippen LogP contribution >= 0.6 is 0 Å². The smallest absolute Gasteiger partial charge is 0.406 e. The van der Waals surface area contributed by atoms with Gasteiger partial charge in [0.2, 0.25) is 0 Å². The fraction of sp³-hybridized carbons (Fsp3) is 0.448. The molecule has 11 heteroatoms. The molecule has 0 radical (unpaired) electrons. The average Bonchev–Trinajstić information content (AvgIpc) is 3.23. The molecule has 1 aromatic heterocycles. The second-order valence-corrected chi connectivity index (χ2v) is 12.4. The molecule has 3 aromatic rings. The van der Waals surface area contributed by atoms with Crippen LogP contribution in [0.5, 0.6) is 5.75 Å². The first-order valence-electron chi connectivity index (χ1n) is 13.1. The van der Waals surface area contributed by atoms with E-state index in [0.29, 0.717) is 28.4 Å². The van der Waals surface area contributed by atoms with Crippen LogP contribution in [0.1, 0.15) is 31.4 Å². The maximum atomic E-state index is 13.5. The summed E-state index contributed by atoms with van der Waals surface area (Å²) in [5.41, 5.74) is 1.97. The molecule has 0 unspecified atom stereocenters. The molecular formula is C29H35F3N4O3S. The summed E-state index contributed by atoms with van der Waals surface area (Å²) in [6.07, 6.45) is 0.816. The summed E-state index contributed by atoms with van der Waals surface area (Å²) < 4.78 is 71.2. The minimum absolute atomic E-state index is 0.0966. The number of halogens is 3. The van der Waals surface area contributed by atoms with Crippen LogP contribution in [-0.4, -0.2) is 70.2 Å². The normalized spacial score (nSPS) is 17.9. The summed E-state index contributed by atoms with van der Waals surface area (Å²) in [4.78, 5) is 2.38. The van der Waals surface area contributed by atoms with Crippen molar-refractivity contribution in [2.75, 3.05) is 44.6 Å². The van der Waals surface area contributed by atoms with E-state index in [1.807, 2.05) is 6.07 Å². The molecular weight excluding hydrogens is 541 g/mol. The van der Waals surface area contributed by atoms with Crippen molar-refractivity contribution in [1.82, 2.24) is 9.47 Å². The number of sulfone groups is 1. The lowest BCUT2D eigenvalue weighted by Gasteiger charge is -2.33. The molecule has 0 spiro atoms. The third kappa shape index (κ3) is 7.23. The Hall–Kier alpha value is -3.36. The van der Waals surface area contributed by atoms with E-state index in [-0.39, 0.29) is 23.2 Å². The number of ether oxygens (including phenoxy) is 1. The number of nitrogens with one attached hydrogen (secondary N) is 2. The molecule has 2 N–H and O–H groups in total. The molecule has 0 amide bonds. The van der Waals surface area contributed by atoms with Gasteiger partial charge in [0.25, 0.3) is 0 Å². The highest BCUT2D eigenvalue weighted by Gasteiger charge is 2.30. The number of hydrogen-bond donors (Lipinski definition) is 2. The zero-order chi connectivity index (χ0) is 29.1. The van der Waals surface area contributed by atoms with Gasteiger partial charge in [0.15, 0.2) is 9.84 Å². The quantitative estimate of drug-likeness (QED) is 0.352. The van der Waals surface area contributed by atoms with Crippen LogP contribution in [-0.2, 0) is 16.4 Å². The highest BCUT2D eigenvalue weighted by Crippen LogP contribution is 2.33. The molecule has 0 aliphatic heterocycles. The Balaban J connectivity index is 1.57. The molecule has 1 aliphatic carbocycles. The van der Waals surface area contributed by atoms with Crippen molar-refractivity contribution in [3.63, 3.8) is 0 Å². The number of aromatic nitrogens is 1. The number of benzene rings is 2. The number of anilines is 2. The predicted molar refractivity (Wildman–Crippen MR) is 153 cm³/mol. The fourth-order valence-electron chi connectivity index (χ4n) is 5.12. The van der Waals surface area contributed by atoms with Crippen LogP contribution in [0.15, 0.2) is 47.4 Å². The standard InChI is InChI=1S/C29H35F3N4O3S/c1-33-26-18-23(40(4,37)38)14-15-28(26)39-16-6-7-22-17-24-25(34-20-10-12-21(13-11-20)35(2)3)8-5-9-27(24)36(22)19-29(30,31)32/h5,8-9,14-15,17-18,20-21,33-34H,10-13,16,19H2,1-4H3/t20-,21+. The Bertz CT molecular complexity index is 1510. The summed E-state index contributed by atoms with van der Waals surface area (Å²) in [7, 11) is 2.42. The Morgan fingerprint density at radius 2 is 1.80 bits per heavy atom. The third-order valence-electron chi connectivity index (χ3n) is 7.23. The molecule has 7 nitrogen and oxygen atoms in total. The summed E-state index contributed by atoms with van der Waals surface area (Å²) in [5, 5.41) is 7.15. The zero-order valence-electron chi connectivity index (χ0n) is 23.1. The zero-order valence-corrected chi connectivity index (χ0v) is 23.9. The minimum Gasteiger partial charge on any atom is -0.479 e. The van der Waals surface area contributed by atoms with Gasteiger partial charge in [-0.05, 0) is 82.1 Å². The predicted octanol–water partition coefficient (Wildman–Crippen LogP) is 5.36. The highest BCUT2D eigenvalue weighted by atomic mass is 32.2. The van der Waals surface area contributed by atoms with Gasteiger partial charge in [0.1, 0.15) is 18.9 Å². The van der Waals surface area contributed by atoms with Gasteiger partial charge in [-0.25, -0.2) is 8.42 Å². The van der Waals surface area contributed by atoms with E-state index >= 15 is 0 Å². The first-order valence-corrected chi connectivity index (χ1v) is 15.0. The van der Waals surface area contributed by atoms with E-state index in [9.17, 15) is 21.6 Å². The number of rotatable bonds is 8. The number of alkyl halides is 3. The molecule has 2 aromatic carbocycles. The number of hydrogen-bond acceptors (Lipinski definition) is 6. The van der Waals surface area contributed by atoms with Gasteiger partial charge in [-0.2, -0.15) is 13.2 Å². The van der Waals surface area contributed by atoms with Gasteiger partial charge < -0.3 is 24.8 Å². The average molecular weight is 577 g/mol. The summed E-state index contributed by atoms with van der Waals surface area (Å²) >= 11 is 0. The first kappa shape index (κ1) is 29.6. The van der Waals surface area contributed by atoms with Gasteiger partial charge in [0, 0.05) is 36.5 Å². The van der Waals surface area contributed by atoms with Crippen molar-refractivity contribution in [2.24, 2.45) is 0 Å². The van der Waals surface area contributed by atoms with E-state index in [1.54, 1.807) is 25.2 Å². The number of fused-ring (bicyclic) bond motifs is 1. The van der Waals surface area contributed by atoms with E-state index in [2.05, 4.69) is 41.5 Å². The maximum Gasteiger partial charge on any atom is 0.406 e. The lowest BCUT2D eigenvalue weighted by molar-refractivity contribution is -0.140. The molecule has 0 atom stereocenters. The monoisotopic (exact) mass is 576 g/mol.